The van der Waals surface area contributed by atoms with Gasteiger partial charge in [0, 0.05) is 29.0 Å². The lowest BCUT2D eigenvalue weighted by atomic mass is 9.91. The zero-order valence-electron chi connectivity index (χ0n) is 11.6. The van der Waals surface area contributed by atoms with E-state index < -0.39 is 0 Å². The van der Waals surface area contributed by atoms with Crippen molar-refractivity contribution in [1.82, 2.24) is 15.3 Å². The second-order valence-corrected chi connectivity index (χ2v) is 6.28. The van der Waals surface area contributed by atoms with Crippen LogP contribution in [0.4, 0.5) is 5.69 Å². The number of aromatic nitrogens is 2. The molecule has 1 saturated carbocycles. The van der Waals surface area contributed by atoms with E-state index in [4.69, 9.17) is 0 Å². The van der Waals surface area contributed by atoms with Crippen molar-refractivity contribution in [3.05, 3.63) is 29.0 Å². The van der Waals surface area contributed by atoms with E-state index in [-0.39, 0.29) is 0 Å². The third-order valence-electron chi connectivity index (χ3n) is 4.04. The first kappa shape index (κ1) is 13.8. The van der Waals surface area contributed by atoms with Gasteiger partial charge in [-0.25, -0.2) is 0 Å². The zero-order valence-corrected chi connectivity index (χ0v) is 13.2. The molecule has 1 aliphatic rings. The van der Waals surface area contributed by atoms with E-state index in [2.05, 4.69) is 43.6 Å². The van der Waals surface area contributed by atoms with Crippen molar-refractivity contribution in [1.29, 1.82) is 0 Å². The van der Waals surface area contributed by atoms with Crippen molar-refractivity contribution < 1.29 is 0 Å². The lowest BCUT2D eigenvalue weighted by Crippen LogP contribution is -2.35. The molecule has 4 nitrogen and oxygen atoms in total. The number of hydrogen-bond donors (Lipinski definition) is 2. The van der Waals surface area contributed by atoms with Gasteiger partial charge in [0.2, 0.25) is 0 Å². The Morgan fingerprint density at radius 3 is 2.65 bits per heavy atom. The topological polar surface area (TPSA) is 49.8 Å². The average molecular weight is 335 g/mol. The standard InChI is InChI=1S/C15H19BrN4/c1-17-11-2-4-12(5-3-11)20-13-6-7-18-14-8-10(16)9-19-15(13)14/h6-9,11-12,17H,2-5H2,1H3,(H,18,20). The van der Waals surface area contributed by atoms with Gasteiger partial charge in [-0.2, -0.15) is 0 Å². The molecule has 0 bridgehead atoms. The van der Waals surface area contributed by atoms with Gasteiger partial charge >= 0.3 is 0 Å². The molecule has 1 fully saturated rings. The molecule has 2 aromatic rings. The molecule has 0 atom stereocenters. The lowest BCUT2D eigenvalue weighted by molar-refractivity contribution is 0.371. The summed E-state index contributed by atoms with van der Waals surface area (Å²) in [5.41, 5.74) is 2.97. The van der Waals surface area contributed by atoms with Crippen molar-refractivity contribution in [2.45, 2.75) is 37.8 Å². The quantitative estimate of drug-likeness (QED) is 0.903. The molecule has 20 heavy (non-hydrogen) atoms. The molecule has 3 rings (SSSR count). The van der Waals surface area contributed by atoms with E-state index in [0.717, 1.165) is 21.2 Å². The summed E-state index contributed by atoms with van der Waals surface area (Å²) in [6, 6.07) is 5.24. The van der Waals surface area contributed by atoms with Crippen LogP contribution in [0.5, 0.6) is 0 Å². The molecule has 0 aliphatic heterocycles. The van der Waals surface area contributed by atoms with Crippen LogP contribution in [-0.2, 0) is 0 Å². The molecule has 0 unspecified atom stereocenters. The SMILES string of the molecule is CNC1CCC(Nc2ccnc3cc(Br)cnc23)CC1. The van der Waals surface area contributed by atoms with Gasteiger partial charge in [-0.15, -0.1) is 0 Å². The first-order chi connectivity index (χ1) is 9.76. The summed E-state index contributed by atoms with van der Waals surface area (Å²) in [5, 5.41) is 7.01. The highest BCUT2D eigenvalue weighted by molar-refractivity contribution is 9.10. The fraction of sp³-hybridized carbons (Fsp3) is 0.467. The third-order valence-corrected chi connectivity index (χ3v) is 4.47. The highest BCUT2D eigenvalue weighted by atomic mass is 79.9. The van der Waals surface area contributed by atoms with Crippen LogP contribution in [0, 0.1) is 0 Å². The molecule has 0 radical (unpaired) electrons. The molecular formula is C15H19BrN4. The number of nitrogens with zero attached hydrogens (tertiary/aromatic N) is 2. The van der Waals surface area contributed by atoms with Crippen molar-refractivity contribution in [3.63, 3.8) is 0 Å². The maximum absolute atomic E-state index is 4.49. The van der Waals surface area contributed by atoms with Gasteiger partial charge in [0.15, 0.2) is 0 Å². The molecule has 0 aromatic carbocycles. The van der Waals surface area contributed by atoms with E-state index in [1.54, 1.807) is 0 Å². The highest BCUT2D eigenvalue weighted by Crippen LogP contribution is 2.26. The summed E-state index contributed by atoms with van der Waals surface area (Å²) in [7, 11) is 2.05. The minimum absolute atomic E-state index is 0.538. The number of nitrogens with one attached hydrogen (secondary N) is 2. The predicted molar refractivity (Wildman–Crippen MR) is 86.0 cm³/mol. The monoisotopic (exact) mass is 334 g/mol. The Kier molecular flexibility index (Phi) is 4.17. The molecule has 2 heterocycles. The predicted octanol–water partition coefficient (Wildman–Crippen LogP) is 3.33. The molecule has 0 saturated heterocycles. The molecule has 2 N–H and O–H groups in total. The largest absolute Gasteiger partial charge is 0.380 e. The van der Waals surface area contributed by atoms with Crippen LogP contribution in [0.2, 0.25) is 0 Å². The first-order valence-corrected chi connectivity index (χ1v) is 7.89. The molecule has 106 valence electrons. The molecule has 5 heteroatoms. The number of fused-ring (bicyclic) bond motifs is 1. The van der Waals surface area contributed by atoms with Crippen molar-refractivity contribution >= 4 is 32.7 Å². The van der Waals surface area contributed by atoms with E-state index in [1.165, 1.54) is 25.7 Å². The van der Waals surface area contributed by atoms with Gasteiger partial charge in [-0.3, -0.25) is 9.97 Å². The smallest absolute Gasteiger partial charge is 0.112 e. The van der Waals surface area contributed by atoms with Crippen LogP contribution in [0.1, 0.15) is 25.7 Å². The number of pyridine rings is 2. The van der Waals surface area contributed by atoms with E-state index >= 15 is 0 Å². The highest BCUT2D eigenvalue weighted by Gasteiger charge is 2.20. The van der Waals surface area contributed by atoms with Crippen LogP contribution in [0.3, 0.4) is 0 Å². The van der Waals surface area contributed by atoms with E-state index in [9.17, 15) is 0 Å². The van der Waals surface area contributed by atoms with Crippen LogP contribution >= 0.6 is 15.9 Å². The molecule has 2 aromatic heterocycles. The molecular weight excluding hydrogens is 316 g/mol. The summed E-state index contributed by atoms with van der Waals surface area (Å²) in [6.45, 7) is 0. The fourth-order valence-electron chi connectivity index (χ4n) is 2.87. The minimum Gasteiger partial charge on any atom is -0.380 e. The Morgan fingerprint density at radius 2 is 1.90 bits per heavy atom. The van der Waals surface area contributed by atoms with Crippen molar-refractivity contribution in [2.24, 2.45) is 0 Å². The van der Waals surface area contributed by atoms with Gasteiger partial charge in [0.05, 0.1) is 11.2 Å². The zero-order chi connectivity index (χ0) is 13.9. The van der Waals surface area contributed by atoms with E-state index in [0.29, 0.717) is 12.1 Å². The van der Waals surface area contributed by atoms with Crippen LogP contribution in [-0.4, -0.2) is 29.1 Å². The summed E-state index contributed by atoms with van der Waals surface area (Å²) in [4.78, 5) is 8.87. The van der Waals surface area contributed by atoms with Gasteiger partial charge in [0.25, 0.3) is 0 Å². The Labute approximate surface area is 127 Å². The Balaban J connectivity index is 1.78. The maximum atomic E-state index is 4.49. The Bertz CT molecular complexity index is 593. The Hall–Kier alpha value is -1.20. The number of halogens is 1. The van der Waals surface area contributed by atoms with E-state index in [1.807, 2.05) is 24.5 Å². The normalized spacial score (nSPS) is 22.9. The number of rotatable bonds is 3. The number of anilines is 1. The summed E-state index contributed by atoms with van der Waals surface area (Å²) < 4.78 is 0.962. The van der Waals surface area contributed by atoms with Gasteiger partial charge in [-0.05, 0) is 60.8 Å². The van der Waals surface area contributed by atoms with Crippen LogP contribution in [0.25, 0.3) is 11.0 Å². The van der Waals surface area contributed by atoms with Crippen molar-refractivity contribution in [2.75, 3.05) is 12.4 Å². The Morgan fingerprint density at radius 1 is 1.15 bits per heavy atom. The van der Waals surface area contributed by atoms with Gasteiger partial charge in [-0.1, -0.05) is 0 Å². The second kappa shape index (κ2) is 6.06. The first-order valence-electron chi connectivity index (χ1n) is 7.10. The van der Waals surface area contributed by atoms with Gasteiger partial charge in [0.1, 0.15) is 5.52 Å². The van der Waals surface area contributed by atoms with Crippen LogP contribution in [0.15, 0.2) is 29.0 Å². The summed E-state index contributed by atoms with van der Waals surface area (Å²) in [5.74, 6) is 0. The third kappa shape index (κ3) is 2.94. The summed E-state index contributed by atoms with van der Waals surface area (Å²) in [6.07, 6.45) is 8.54. The molecule has 1 aliphatic carbocycles. The molecule has 0 spiro atoms. The van der Waals surface area contributed by atoms with Crippen molar-refractivity contribution in [3.8, 4) is 0 Å². The second-order valence-electron chi connectivity index (χ2n) is 5.36. The summed E-state index contributed by atoms with van der Waals surface area (Å²) >= 11 is 3.44. The fourth-order valence-corrected chi connectivity index (χ4v) is 3.19. The molecule has 0 amide bonds. The van der Waals surface area contributed by atoms with Crippen LogP contribution < -0.4 is 10.6 Å². The lowest BCUT2D eigenvalue weighted by Gasteiger charge is -2.29. The number of hydrogen-bond acceptors (Lipinski definition) is 4. The minimum atomic E-state index is 0.538. The maximum Gasteiger partial charge on any atom is 0.112 e. The average Bonchev–Trinajstić information content (AvgIpc) is 2.48. The van der Waals surface area contributed by atoms with Gasteiger partial charge < -0.3 is 10.6 Å².